The van der Waals surface area contributed by atoms with Crippen LogP contribution in [0.15, 0.2) is 47.4 Å². The van der Waals surface area contributed by atoms with Gasteiger partial charge in [-0.3, -0.25) is 0 Å². The van der Waals surface area contributed by atoms with E-state index in [2.05, 4.69) is 4.72 Å². The summed E-state index contributed by atoms with van der Waals surface area (Å²) < 4.78 is 40.0. The zero-order valence-corrected chi connectivity index (χ0v) is 12.2. The normalized spacial score (nSPS) is 11.6. The van der Waals surface area contributed by atoms with Gasteiger partial charge in [-0.25, -0.2) is 17.5 Å². The molecule has 1 N–H and O–H groups in total. The van der Waals surface area contributed by atoms with Crippen LogP contribution >= 0.6 is 0 Å². The average molecular weight is 293 g/mol. The number of nitrogens with one attached hydrogen (secondary N) is 1. The van der Waals surface area contributed by atoms with Crippen LogP contribution in [0.5, 0.6) is 0 Å². The summed E-state index contributed by atoms with van der Waals surface area (Å²) in [6.45, 7) is 3.67. The van der Waals surface area contributed by atoms with Gasteiger partial charge in [-0.2, -0.15) is 0 Å². The summed E-state index contributed by atoms with van der Waals surface area (Å²) in [5, 5.41) is 0. The molecule has 2 aromatic carbocycles. The van der Waals surface area contributed by atoms with Gasteiger partial charge in [-0.1, -0.05) is 24.3 Å². The van der Waals surface area contributed by atoms with Crippen LogP contribution in [0.25, 0.3) is 0 Å². The zero-order chi connectivity index (χ0) is 14.8. The maximum absolute atomic E-state index is 13.2. The minimum atomic E-state index is -3.63. The average Bonchev–Trinajstić information content (AvgIpc) is 2.41. The summed E-state index contributed by atoms with van der Waals surface area (Å²) in [4.78, 5) is 0.0741. The Bertz CT molecular complexity index is 726. The Kier molecular flexibility index (Phi) is 4.20. The molecule has 0 unspecified atom stereocenters. The van der Waals surface area contributed by atoms with Gasteiger partial charge in [0.05, 0.1) is 4.90 Å². The first-order chi connectivity index (χ1) is 9.40. The molecule has 0 amide bonds. The van der Waals surface area contributed by atoms with Gasteiger partial charge >= 0.3 is 0 Å². The molecule has 0 aliphatic carbocycles. The predicted molar refractivity (Wildman–Crippen MR) is 76.3 cm³/mol. The van der Waals surface area contributed by atoms with E-state index in [1.165, 1.54) is 19.1 Å². The molecule has 2 aromatic rings. The van der Waals surface area contributed by atoms with E-state index in [1.54, 1.807) is 0 Å². The van der Waals surface area contributed by atoms with Gasteiger partial charge in [0.2, 0.25) is 10.0 Å². The van der Waals surface area contributed by atoms with Crippen LogP contribution in [-0.2, 0) is 16.6 Å². The Labute approximate surface area is 118 Å². The Balaban J connectivity index is 2.19. The molecule has 0 heterocycles. The lowest BCUT2D eigenvalue weighted by atomic mass is 10.1. The number of hydrogen-bond donors (Lipinski definition) is 1. The number of sulfonamides is 1. The Morgan fingerprint density at radius 2 is 1.75 bits per heavy atom. The van der Waals surface area contributed by atoms with Crippen LogP contribution in [-0.4, -0.2) is 8.42 Å². The number of halogens is 1. The molecular weight excluding hydrogens is 277 g/mol. The van der Waals surface area contributed by atoms with Gasteiger partial charge in [0, 0.05) is 6.54 Å². The summed E-state index contributed by atoms with van der Waals surface area (Å²) >= 11 is 0. The summed E-state index contributed by atoms with van der Waals surface area (Å²) in [6.07, 6.45) is 0. The van der Waals surface area contributed by atoms with Crippen LogP contribution in [0.2, 0.25) is 0 Å². The SMILES string of the molecule is Cc1cc(S(=O)(=O)NCc2ccccc2C)ccc1F. The lowest BCUT2D eigenvalue weighted by Gasteiger charge is -2.09. The van der Waals surface area contributed by atoms with Crippen molar-refractivity contribution in [2.45, 2.75) is 25.3 Å². The summed E-state index contributed by atoms with van der Waals surface area (Å²) in [5.41, 5.74) is 2.24. The van der Waals surface area contributed by atoms with Crippen molar-refractivity contribution in [3.63, 3.8) is 0 Å². The van der Waals surface area contributed by atoms with Crippen LogP contribution < -0.4 is 4.72 Å². The highest BCUT2D eigenvalue weighted by Gasteiger charge is 2.15. The molecule has 0 aliphatic heterocycles. The molecule has 0 bridgehead atoms. The van der Waals surface area contributed by atoms with Gasteiger partial charge in [-0.05, 0) is 48.7 Å². The van der Waals surface area contributed by atoms with Gasteiger partial charge in [0.25, 0.3) is 0 Å². The van der Waals surface area contributed by atoms with Crippen molar-refractivity contribution in [2.75, 3.05) is 0 Å². The standard InChI is InChI=1S/C15H16FNO2S/c1-11-5-3-4-6-13(11)10-17-20(18,19)14-7-8-15(16)12(2)9-14/h3-9,17H,10H2,1-2H3. The number of hydrogen-bond acceptors (Lipinski definition) is 2. The lowest BCUT2D eigenvalue weighted by Crippen LogP contribution is -2.23. The largest absolute Gasteiger partial charge is 0.240 e. The number of rotatable bonds is 4. The zero-order valence-electron chi connectivity index (χ0n) is 11.4. The van der Waals surface area contributed by atoms with Crippen molar-refractivity contribution in [1.29, 1.82) is 0 Å². The molecule has 0 aromatic heterocycles. The number of benzene rings is 2. The van der Waals surface area contributed by atoms with Gasteiger partial charge in [0.15, 0.2) is 0 Å². The van der Waals surface area contributed by atoms with Crippen molar-refractivity contribution in [1.82, 2.24) is 4.72 Å². The van der Waals surface area contributed by atoms with Crippen molar-refractivity contribution in [2.24, 2.45) is 0 Å². The minimum Gasteiger partial charge on any atom is -0.207 e. The van der Waals surface area contributed by atoms with E-state index >= 15 is 0 Å². The second-order valence-electron chi connectivity index (χ2n) is 4.66. The third-order valence-electron chi connectivity index (χ3n) is 3.15. The molecule has 0 aliphatic rings. The van der Waals surface area contributed by atoms with Gasteiger partial charge in [0.1, 0.15) is 5.82 Å². The monoisotopic (exact) mass is 293 g/mol. The highest BCUT2D eigenvalue weighted by Crippen LogP contribution is 2.15. The van der Waals surface area contributed by atoms with Crippen molar-refractivity contribution in [3.8, 4) is 0 Å². The maximum atomic E-state index is 13.2. The fraction of sp³-hybridized carbons (Fsp3) is 0.200. The summed E-state index contributed by atoms with van der Waals surface area (Å²) in [6, 6.07) is 11.3. The fourth-order valence-electron chi connectivity index (χ4n) is 1.85. The Morgan fingerprint density at radius 3 is 2.40 bits per heavy atom. The van der Waals surface area contributed by atoms with Crippen LogP contribution in [0.1, 0.15) is 16.7 Å². The third-order valence-corrected chi connectivity index (χ3v) is 4.55. The topological polar surface area (TPSA) is 46.2 Å². The van der Waals surface area contributed by atoms with Gasteiger partial charge < -0.3 is 0 Å². The first-order valence-electron chi connectivity index (χ1n) is 6.20. The molecule has 0 spiro atoms. The number of aryl methyl sites for hydroxylation is 2. The molecule has 2 rings (SSSR count). The van der Waals surface area contributed by atoms with Crippen LogP contribution in [0.4, 0.5) is 4.39 Å². The highest BCUT2D eigenvalue weighted by atomic mass is 32.2. The van der Waals surface area contributed by atoms with E-state index in [1.807, 2.05) is 31.2 Å². The molecule has 20 heavy (non-hydrogen) atoms. The quantitative estimate of drug-likeness (QED) is 0.942. The molecule has 106 valence electrons. The molecule has 0 fully saturated rings. The van der Waals surface area contributed by atoms with Crippen molar-refractivity contribution < 1.29 is 12.8 Å². The second-order valence-corrected chi connectivity index (χ2v) is 6.43. The van der Waals surface area contributed by atoms with Crippen LogP contribution in [0, 0.1) is 19.7 Å². The first-order valence-corrected chi connectivity index (χ1v) is 7.69. The Morgan fingerprint density at radius 1 is 1.05 bits per heavy atom. The molecule has 0 radical (unpaired) electrons. The molecular formula is C15H16FNO2S. The maximum Gasteiger partial charge on any atom is 0.240 e. The molecule has 0 saturated carbocycles. The Hall–Kier alpha value is -1.72. The smallest absolute Gasteiger partial charge is 0.207 e. The van der Waals surface area contributed by atoms with Crippen molar-refractivity contribution >= 4 is 10.0 Å². The molecule has 3 nitrogen and oxygen atoms in total. The van der Waals surface area contributed by atoms with E-state index in [9.17, 15) is 12.8 Å². The minimum absolute atomic E-state index is 0.0741. The predicted octanol–water partition coefficient (Wildman–Crippen LogP) is 2.92. The van der Waals surface area contributed by atoms with E-state index in [0.29, 0.717) is 5.56 Å². The van der Waals surface area contributed by atoms with E-state index < -0.39 is 15.8 Å². The van der Waals surface area contributed by atoms with Crippen LogP contribution in [0.3, 0.4) is 0 Å². The van der Waals surface area contributed by atoms with Crippen molar-refractivity contribution in [3.05, 3.63) is 65.0 Å². The van der Waals surface area contributed by atoms with E-state index in [-0.39, 0.29) is 11.4 Å². The summed E-state index contributed by atoms with van der Waals surface area (Å²) in [5.74, 6) is -0.414. The fourth-order valence-corrected chi connectivity index (χ4v) is 2.94. The van der Waals surface area contributed by atoms with E-state index in [0.717, 1.165) is 17.2 Å². The molecule has 5 heteroatoms. The molecule has 0 atom stereocenters. The second kappa shape index (κ2) is 5.73. The highest BCUT2D eigenvalue weighted by molar-refractivity contribution is 7.89. The van der Waals surface area contributed by atoms with Gasteiger partial charge in [-0.15, -0.1) is 0 Å². The first kappa shape index (κ1) is 14.7. The van der Waals surface area contributed by atoms with E-state index in [4.69, 9.17) is 0 Å². The third kappa shape index (κ3) is 3.23. The molecule has 0 saturated heterocycles. The lowest BCUT2D eigenvalue weighted by molar-refractivity contribution is 0.579. The summed E-state index contributed by atoms with van der Waals surface area (Å²) in [7, 11) is -3.63.